The number of nitrogens with zero attached hydrogens (tertiary/aromatic N) is 1. The first kappa shape index (κ1) is 12.9. The van der Waals surface area contributed by atoms with Crippen LogP contribution in [0.3, 0.4) is 0 Å². The van der Waals surface area contributed by atoms with Gasteiger partial charge in [0.1, 0.15) is 5.82 Å². The van der Waals surface area contributed by atoms with Crippen LogP contribution >= 0.6 is 0 Å². The molecule has 1 aromatic heterocycles. The van der Waals surface area contributed by atoms with Gasteiger partial charge in [0.2, 0.25) is 0 Å². The Morgan fingerprint density at radius 1 is 1.35 bits per heavy atom. The second kappa shape index (κ2) is 4.78. The minimum absolute atomic E-state index is 0.253. The average molecular weight is 270 g/mol. The van der Waals surface area contributed by atoms with Gasteiger partial charge in [-0.15, -0.1) is 0 Å². The summed E-state index contributed by atoms with van der Waals surface area (Å²) in [4.78, 5) is 15.5. The Bertz CT molecular complexity index is 663. The molecule has 20 heavy (non-hydrogen) atoms. The highest BCUT2D eigenvalue weighted by Crippen LogP contribution is 2.48. The van der Waals surface area contributed by atoms with E-state index >= 15 is 0 Å². The molecule has 0 bridgehead atoms. The summed E-state index contributed by atoms with van der Waals surface area (Å²) in [6.45, 7) is 3.13. The van der Waals surface area contributed by atoms with Crippen molar-refractivity contribution in [3.05, 3.63) is 36.0 Å². The van der Waals surface area contributed by atoms with Gasteiger partial charge in [0.15, 0.2) is 0 Å². The van der Waals surface area contributed by atoms with E-state index in [-0.39, 0.29) is 5.56 Å². The quantitative estimate of drug-likeness (QED) is 0.872. The van der Waals surface area contributed by atoms with E-state index in [0.717, 1.165) is 23.1 Å². The third kappa shape index (κ3) is 2.22. The van der Waals surface area contributed by atoms with Gasteiger partial charge in [-0.2, -0.15) is 0 Å². The maximum atomic E-state index is 11.2. The number of hydrogen-bond acceptors (Lipinski definition) is 3. The van der Waals surface area contributed by atoms with Crippen LogP contribution in [0, 0.1) is 5.41 Å². The lowest BCUT2D eigenvalue weighted by molar-refractivity contribution is 0.0698. The molecule has 3 rings (SSSR count). The summed E-state index contributed by atoms with van der Waals surface area (Å²) in [5.74, 6) is -0.155. The number of pyridine rings is 1. The number of carbonyl (C=O) groups is 1. The van der Waals surface area contributed by atoms with Gasteiger partial charge in [-0.05, 0) is 24.7 Å². The molecule has 1 fully saturated rings. The molecule has 1 saturated carbocycles. The molecule has 0 spiro atoms. The third-order valence-corrected chi connectivity index (χ3v) is 4.36. The van der Waals surface area contributed by atoms with Gasteiger partial charge in [-0.1, -0.05) is 31.2 Å². The van der Waals surface area contributed by atoms with E-state index in [2.05, 4.69) is 17.2 Å². The molecule has 0 atom stereocenters. The number of aromatic carboxylic acids is 1. The summed E-state index contributed by atoms with van der Waals surface area (Å²) >= 11 is 0. The maximum Gasteiger partial charge on any atom is 0.337 e. The van der Waals surface area contributed by atoms with Crippen LogP contribution in [0.2, 0.25) is 0 Å². The van der Waals surface area contributed by atoms with E-state index in [1.807, 2.05) is 24.3 Å². The van der Waals surface area contributed by atoms with Crippen molar-refractivity contribution >= 4 is 22.6 Å². The van der Waals surface area contributed by atoms with Crippen molar-refractivity contribution in [2.24, 2.45) is 5.41 Å². The first-order valence-electron chi connectivity index (χ1n) is 7.00. The number of fused-ring (bicyclic) bond motifs is 1. The first-order valence-corrected chi connectivity index (χ1v) is 7.00. The van der Waals surface area contributed by atoms with Crippen LogP contribution in [0.25, 0.3) is 10.8 Å². The van der Waals surface area contributed by atoms with Crippen LogP contribution < -0.4 is 5.32 Å². The van der Waals surface area contributed by atoms with E-state index in [0.29, 0.717) is 5.41 Å². The number of benzene rings is 1. The molecule has 0 radical (unpaired) electrons. The highest BCUT2D eigenvalue weighted by Gasteiger charge is 2.40. The van der Waals surface area contributed by atoms with Gasteiger partial charge in [0.25, 0.3) is 0 Å². The molecule has 4 heteroatoms. The van der Waals surface area contributed by atoms with Crippen molar-refractivity contribution < 1.29 is 9.90 Å². The maximum absolute atomic E-state index is 11.2. The molecular formula is C16H18N2O2. The minimum Gasteiger partial charge on any atom is -0.478 e. The Morgan fingerprint density at radius 3 is 2.65 bits per heavy atom. The van der Waals surface area contributed by atoms with Gasteiger partial charge in [0.05, 0.1) is 5.56 Å². The van der Waals surface area contributed by atoms with Gasteiger partial charge in [-0.25, -0.2) is 9.78 Å². The summed E-state index contributed by atoms with van der Waals surface area (Å²) in [5, 5.41) is 14.2. The first-order chi connectivity index (χ1) is 9.65. The largest absolute Gasteiger partial charge is 0.478 e. The fourth-order valence-electron chi connectivity index (χ4n) is 2.61. The molecule has 0 amide bonds. The van der Waals surface area contributed by atoms with Crippen LogP contribution in [0.5, 0.6) is 0 Å². The van der Waals surface area contributed by atoms with Crippen molar-refractivity contribution in [2.45, 2.75) is 26.2 Å². The van der Waals surface area contributed by atoms with Gasteiger partial charge in [0, 0.05) is 23.5 Å². The predicted octanol–water partition coefficient (Wildman–Crippen LogP) is 3.54. The Hall–Kier alpha value is -2.10. The summed E-state index contributed by atoms with van der Waals surface area (Å²) in [6.07, 6.45) is 5.15. The number of aromatic nitrogens is 1. The molecular weight excluding hydrogens is 252 g/mol. The number of carboxylic acid groups (broad SMARTS) is 1. The summed E-state index contributed by atoms with van der Waals surface area (Å²) < 4.78 is 0. The number of nitrogens with one attached hydrogen (secondary N) is 1. The second-order valence-corrected chi connectivity index (χ2v) is 5.58. The molecule has 0 aliphatic heterocycles. The van der Waals surface area contributed by atoms with Crippen molar-refractivity contribution in [2.75, 3.05) is 11.9 Å². The molecule has 1 aliphatic carbocycles. The third-order valence-electron chi connectivity index (χ3n) is 4.36. The fourth-order valence-corrected chi connectivity index (χ4v) is 2.61. The zero-order valence-electron chi connectivity index (χ0n) is 11.5. The Balaban J connectivity index is 1.96. The molecule has 2 aromatic rings. The van der Waals surface area contributed by atoms with Gasteiger partial charge < -0.3 is 10.4 Å². The molecule has 104 valence electrons. The van der Waals surface area contributed by atoms with Crippen molar-refractivity contribution in [3.63, 3.8) is 0 Å². The van der Waals surface area contributed by atoms with Crippen molar-refractivity contribution in [3.8, 4) is 0 Å². The van der Waals surface area contributed by atoms with Gasteiger partial charge in [-0.3, -0.25) is 0 Å². The zero-order valence-corrected chi connectivity index (χ0v) is 11.5. The summed E-state index contributed by atoms with van der Waals surface area (Å²) in [7, 11) is 0. The summed E-state index contributed by atoms with van der Waals surface area (Å²) in [5.41, 5.74) is 0.677. The van der Waals surface area contributed by atoms with E-state index in [1.165, 1.54) is 25.5 Å². The Morgan fingerprint density at radius 2 is 2.05 bits per heavy atom. The fraction of sp³-hybridized carbons (Fsp3) is 0.375. The Labute approximate surface area is 117 Å². The molecule has 2 N–H and O–H groups in total. The van der Waals surface area contributed by atoms with Crippen LogP contribution in [0.4, 0.5) is 5.82 Å². The smallest absolute Gasteiger partial charge is 0.337 e. The monoisotopic (exact) mass is 270 g/mol. The van der Waals surface area contributed by atoms with Crippen LogP contribution in [0.15, 0.2) is 30.5 Å². The molecule has 0 unspecified atom stereocenters. The molecule has 1 aromatic carbocycles. The molecule has 1 heterocycles. The topological polar surface area (TPSA) is 62.2 Å². The average Bonchev–Trinajstić information content (AvgIpc) is 3.25. The standard InChI is InChI=1S/C16H18N2O2/c1-2-16(7-8-16)10-18-14-12-6-4-3-5-11(12)13(9-17-14)15(19)20/h3-6,9H,2,7-8,10H2,1H3,(H,17,18)(H,19,20). The number of hydrogen-bond donors (Lipinski definition) is 2. The second-order valence-electron chi connectivity index (χ2n) is 5.58. The zero-order chi connectivity index (χ0) is 14.2. The van der Waals surface area contributed by atoms with Crippen LogP contribution in [0.1, 0.15) is 36.5 Å². The number of anilines is 1. The lowest BCUT2D eigenvalue weighted by Crippen LogP contribution is -2.15. The minimum atomic E-state index is -0.938. The van der Waals surface area contributed by atoms with Crippen LogP contribution in [-0.4, -0.2) is 22.6 Å². The van der Waals surface area contributed by atoms with E-state index in [1.54, 1.807) is 0 Å². The summed E-state index contributed by atoms with van der Waals surface area (Å²) in [6, 6.07) is 7.52. The Kier molecular flexibility index (Phi) is 3.08. The van der Waals surface area contributed by atoms with Crippen molar-refractivity contribution in [1.82, 2.24) is 4.98 Å². The normalized spacial score (nSPS) is 16.1. The molecule has 0 saturated heterocycles. The lowest BCUT2D eigenvalue weighted by atomic mass is 10.0. The highest BCUT2D eigenvalue weighted by atomic mass is 16.4. The number of rotatable bonds is 5. The molecule has 1 aliphatic rings. The van der Waals surface area contributed by atoms with E-state index in [4.69, 9.17) is 0 Å². The SMILES string of the molecule is CCC1(CNc2ncc(C(=O)O)c3ccccc23)CC1. The lowest BCUT2D eigenvalue weighted by Gasteiger charge is -2.15. The van der Waals surface area contributed by atoms with Gasteiger partial charge >= 0.3 is 5.97 Å². The van der Waals surface area contributed by atoms with Crippen molar-refractivity contribution in [1.29, 1.82) is 0 Å². The van der Waals surface area contributed by atoms with E-state index < -0.39 is 5.97 Å². The predicted molar refractivity (Wildman–Crippen MR) is 79.2 cm³/mol. The molecule has 4 nitrogen and oxygen atoms in total. The highest BCUT2D eigenvalue weighted by molar-refractivity contribution is 6.06. The van der Waals surface area contributed by atoms with Crippen LogP contribution in [-0.2, 0) is 0 Å². The van der Waals surface area contributed by atoms with E-state index in [9.17, 15) is 9.90 Å². The number of carboxylic acids is 1.